The predicted octanol–water partition coefficient (Wildman–Crippen LogP) is -0.358. The van der Waals surface area contributed by atoms with Gasteiger partial charge in [0.25, 0.3) is 10.1 Å². The van der Waals surface area contributed by atoms with Crippen molar-refractivity contribution in [3.05, 3.63) is 22.8 Å². The third kappa shape index (κ3) is 1.18. The van der Waals surface area contributed by atoms with Gasteiger partial charge in [0.05, 0.1) is 19.2 Å². The van der Waals surface area contributed by atoms with Crippen LogP contribution in [0.15, 0.2) is 22.8 Å². The van der Waals surface area contributed by atoms with Crippen molar-refractivity contribution in [1.29, 1.82) is 0 Å². The highest BCUT2D eigenvalue weighted by atomic mass is 32.2. The van der Waals surface area contributed by atoms with Gasteiger partial charge in [0.1, 0.15) is 10.7 Å². The van der Waals surface area contributed by atoms with Crippen molar-refractivity contribution >= 4 is 10.1 Å². The minimum Gasteiger partial charge on any atom is -0.498 e. The van der Waals surface area contributed by atoms with Crippen molar-refractivity contribution in [3.63, 3.8) is 0 Å². The fourth-order valence-electron chi connectivity index (χ4n) is 1.67. The maximum Gasteiger partial charge on any atom is 0.295 e. The Bertz CT molecular complexity index is 395. The van der Waals surface area contributed by atoms with E-state index in [1.807, 2.05) is 0 Å². The molecule has 13 heavy (non-hydrogen) atoms. The molecule has 2 aliphatic rings. The standard InChI is InChI=1S/C7H9NO4S/c1-12-6-4-2-3-5(8-4)7(6)13(9,10)11/h2-5,8H,1H3,(H,9,10,11). The average molecular weight is 203 g/mol. The van der Waals surface area contributed by atoms with Gasteiger partial charge in [-0.2, -0.15) is 8.42 Å². The van der Waals surface area contributed by atoms with Crippen molar-refractivity contribution in [2.24, 2.45) is 0 Å². The lowest BCUT2D eigenvalue weighted by molar-refractivity contribution is 0.274. The van der Waals surface area contributed by atoms with Gasteiger partial charge in [-0.15, -0.1) is 0 Å². The van der Waals surface area contributed by atoms with Gasteiger partial charge in [-0.1, -0.05) is 12.2 Å². The maximum atomic E-state index is 10.9. The molecule has 72 valence electrons. The Morgan fingerprint density at radius 1 is 1.46 bits per heavy atom. The molecule has 5 nitrogen and oxygen atoms in total. The van der Waals surface area contributed by atoms with Gasteiger partial charge in [0, 0.05) is 0 Å². The first-order valence-electron chi connectivity index (χ1n) is 3.74. The van der Waals surface area contributed by atoms with Crippen LogP contribution in [0.4, 0.5) is 0 Å². The van der Waals surface area contributed by atoms with E-state index >= 15 is 0 Å². The largest absolute Gasteiger partial charge is 0.498 e. The molecule has 2 unspecified atom stereocenters. The molecule has 2 N–H and O–H groups in total. The normalized spacial score (nSPS) is 31.5. The van der Waals surface area contributed by atoms with E-state index in [0.29, 0.717) is 0 Å². The number of nitrogens with one attached hydrogen (secondary N) is 1. The molecule has 2 heterocycles. The Morgan fingerprint density at radius 3 is 2.54 bits per heavy atom. The van der Waals surface area contributed by atoms with Crippen LogP contribution in [0.25, 0.3) is 0 Å². The summed E-state index contributed by atoms with van der Waals surface area (Å²) in [6.07, 6.45) is 3.49. The van der Waals surface area contributed by atoms with E-state index in [0.717, 1.165) is 0 Å². The van der Waals surface area contributed by atoms with Crippen LogP contribution in [0.1, 0.15) is 0 Å². The molecule has 0 radical (unpaired) electrons. The molecule has 0 saturated carbocycles. The topological polar surface area (TPSA) is 75.6 Å². The second kappa shape index (κ2) is 2.57. The quantitative estimate of drug-likeness (QED) is 0.473. The van der Waals surface area contributed by atoms with E-state index in [4.69, 9.17) is 9.29 Å². The van der Waals surface area contributed by atoms with Gasteiger partial charge in [-0.05, 0) is 0 Å². The van der Waals surface area contributed by atoms with Gasteiger partial charge in [-0.3, -0.25) is 9.87 Å². The minimum absolute atomic E-state index is 0.0671. The van der Waals surface area contributed by atoms with Gasteiger partial charge >= 0.3 is 0 Å². The van der Waals surface area contributed by atoms with E-state index in [-0.39, 0.29) is 16.7 Å². The van der Waals surface area contributed by atoms with Crippen molar-refractivity contribution in [1.82, 2.24) is 5.32 Å². The van der Waals surface area contributed by atoms with Crippen molar-refractivity contribution in [3.8, 4) is 0 Å². The molecule has 0 aromatic rings. The van der Waals surface area contributed by atoms with Crippen molar-refractivity contribution in [2.45, 2.75) is 12.1 Å². The van der Waals surface area contributed by atoms with Gasteiger partial charge in [0.15, 0.2) is 0 Å². The van der Waals surface area contributed by atoms with Gasteiger partial charge in [0.2, 0.25) is 0 Å². The Kier molecular flexibility index (Phi) is 1.73. The summed E-state index contributed by atoms with van der Waals surface area (Å²) in [6, 6.07) is -0.651. The van der Waals surface area contributed by atoms with E-state index < -0.39 is 16.2 Å². The summed E-state index contributed by atoms with van der Waals surface area (Å²) >= 11 is 0. The monoisotopic (exact) mass is 203 g/mol. The summed E-state index contributed by atoms with van der Waals surface area (Å²) in [5.41, 5.74) is 0. The molecule has 0 saturated heterocycles. The Hall–Kier alpha value is -0.850. The molecular weight excluding hydrogens is 194 g/mol. The zero-order chi connectivity index (χ0) is 9.64. The Morgan fingerprint density at radius 2 is 2.08 bits per heavy atom. The van der Waals surface area contributed by atoms with Crippen molar-refractivity contribution in [2.75, 3.05) is 7.11 Å². The number of hydrogen-bond donors (Lipinski definition) is 2. The lowest BCUT2D eigenvalue weighted by atomic mass is 10.2. The van der Waals surface area contributed by atoms with Gasteiger partial charge in [-0.25, -0.2) is 0 Å². The Labute approximate surface area is 75.8 Å². The van der Waals surface area contributed by atoms with Crippen LogP contribution < -0.4 is 5.32 Å². The van der Waals surface area contributed by atoms with Crippen molar-refractivity contribution < 1.29 is 17.7 Å². The number of ether oxygens (including phenoxy) is 1. The second-order valence-corrected chi connectivity index (χ2v) is 4.30. The summed E-state index contributed by atoms with van der Waals surface area (Å²) in [7, 11) is -2.77. The lowest BCUT2D eigenvalue weighted by Gasteiger charge is -2.10. The highest BCUT2D eigenvalue weighted by Gasteiger charge is 2.41. The Balaban J connectivity index is 2.51. The van der Waals surface area contributed by atoms with E-state index in [1.165, 1.54) is 7.11 Å². The molecule has 0 aromatic carbocycles. The van der Waals surface area contributed by atoms with E-state index in [1.54, 1.807) is 12.2 Å². The first-order valence-corrected chi connectivity index (χ1v) is 5.18. The molecular formula is C7H9NO4S. The molecule has 0 fully saturated rings. The fraction of sp³-hybridized carbons (Fsp3) is 0.429. The summed E-state index contributed by atoms with van der Waals surface area (Å²) < 4.78 is 35.7. The smallest absolute Gasteiger partial charge is 0.295 e. The average Bonchev–Trinajstić information content (AvgIpc) is 2.59. The van der Waals surface area contributed by atoms with Crippen LogP contribution in [-0.2, 0) is 14.9 Å². The molecule has 0 spiro atoms. The molecule has 0 amide bonds. The van der Waals surface area contributed by atoms with Crippen LogP contribution in [0.2, 0.25) is 0 Å². The molecule has 0 aromatic heterocycles. The molecule has 6 heteroatoms. The van der Waals surface area contributed by atoms with Gasteiger partial charge < -0.3 is 4.74 Å². The summed E-state index contributed by atoms with van der Waals surface area (Å²) in [5, 5.41) is 2.94. The highest BCUT2D eigenvalue weighted by Crippen LogP contribution is 2.31. The van der Waals surface area contributed by atoms with Crippen LogP contribution in [0, 0.1) is 0 Å². The number of fused-ring (bicyclic) bond motifs is 2. The zero-order valence-corrected chi connectivity index (χ0v) is 7.71. The summed E-state index contributed by atoms with van der Waals surface area (Å²) in [4.78, 5) is -0.0671. The van der Waals surface area contributed by atoms with Crippen LogP contribution >= 0.6 is 0 Å². The number of rotatable bonds is 2. The molecule has 0 aliphatic carbocycles. The second-order valence-electron chi connectivity index (χ2n) is 2.91. The number of hydrogen-bond acceptors (Lipinski definition) is 4. The van der Waals surface area contributed by atoms with Crippen LogP contribution in [-0.4, -0.2) is 32.2 Å². The summed E-state index contributed by atoms with van der Waals surface area (Å²) in [5.74, 6) is 0.287. The lowest BCUT2D eigenvalue weighted by Crippen LogP contribution is -2.25. The van der Waals surface area contributed by atoms with E-state index in [2.05, 4.69) is 5.32 Å². The third-order valence-corrected chi connectivity index (χ3v) is 3.17. The predicted molar refractivity (Wildman–Crippen MR) is 45.4 cm³/mol. The van der Waals surface area contributed by atoms with E-state index in [9.17, 15) is 8.42 Å². The van der Waals surface area contributed by atoms with Crippen LogP contribution in [0.5, 0.6) is 0 Å². The van der Waals surface area contributed by atoms with Crippen LogP contribution in [0.3, 0.4) is 0 Å². The molecule has 2 rings (SSSR count). The summed E-state index contributed by atoms with van der Waals surface area (Å²) in [6.45, 7) is 0. The first kappa shape index (κ1) is 8.74. The molecule has 2 atom stereocenters. The maximum absolute atomic E-state index is 10.9. The molecule has 2 aliphatic heterocycles. The zero-order valence-electron chi connectivity index (χ0n) is 6.89. The molecule has 2 bridgehead atoms. The first-order chi connectivity index (χ1) is 6.04. The highest BCUT2D eigenvalue weighted by molar-refractivity contribution is 7.89. The third-order valence-electron chi connectivity index (χ3n) is 2.16. The fourth-order valence-corrected chi connectivity index (χ4v) is 2.61. The minimum atomic E-state index is -4.15. The SMILES string of the molecule is COC1=C(S(=O)(=O)O)C2C=CC1N2. The number of methoxy groups -OCH3 is 1.